The number of imidazole rings is 1. The predicted molar refractivity (Wildman–Crippen MR) is 110 cm³/mol. The summed E-state index contributed by atoms with van der Waals surface area (Å²) in [7, 11) is 0. The summed E-state index contributed by atoms with van der Waals surface area (Å²) in [6, 6.07) is 5.65. The van der Waals surface area contributed by atoms with Crippen LogP contribution in [0.5, 0.6) is 0 Å². The number of carbonyl (C=O) groups excluding carboxylic acids is 1. The van der Waals surface area contributed by atoms with Crippen molar-refractivity contribution in [1.82, 2.24) is 29.5 Å². The second kappa shape index (κ2) is 6.55. The minimum atomic E-state index is -0.394. The molecule has 1 amide bonds. The van der Waals surface area contributed by atoms with Gasteiger partial charge in [0.1, 0.15) is 6.04 Å². The van der Waals surface area contributed by atoms with Gasteiger partial charge in [-0.05, 0) is 24.6 Å². The first-order valence-corrected chi connectivity index (χ1v) is 10.1. The number of hydrogen-bond donors (Lipinski definition) is 1. The van der Waals surface area contributed by atoms with Gasteiger partial charge in [0.2, 0.25) is 11.7 Å². The minimum Gasteiger partial charge on any atom is -0.435 e. The summed E-state index contributed by atoms with van der Waals surface area (Å²) in [4.78, 5) is 27.3. The molecule has 4 aromatic heterocycles. The molecule has 0 saturated carbocycles. The lowest BCUT2D eigenvalue weighted by Gasteiger charge is -2.33. The molecular weight excluding hydrogens is 380 g/mol. The van der Waals surface area contributed by atoms with Crippen molar-refractivity contribution < 1.29 is 9.21 Å². The maximum absolute atomic E-state index is 13.5. The van der Waals surface area contributed by atoms with Gasteiger partial charge in [0.05, 0.1) is 29.4 Å². The Kier molecular flexibility index (Phi) is 4.06. The summed E-state index contributed by atoms with van der Waals surface area (Å²) in [5.41, 5.74) is 4.50. The fourth-order valence-electron chi connectivity index (χ4n) is 3.97. The molecule has 8 nitrogen and oxygen atoms in total. The van der Waals surface area contributed by atoms with Gasteiger partial charge < -0.3 is 14.3 Å². The van der Waals surface area contributed by atoms with Crippen LogP contribution in [0.3, 0.4) is 0 Å². The molecule has 0 radical (unpaired) electrons. The summed E-state index contributed by atoms with van der Waals surface area (Å²) >= 11 is 0. The number of hydrogen-bond acceptors (Lipinski definition) is 5. The van der Waals surface area contributed by atoms with E-state index in [2.05, 4.69) is 15.0 Å². The summed E-state index contributed by atoms with van der Waals surface area (Å²) in [6.07, 6.45) is 5.81. The van der Waals surface area contributed by atoms with Crippen LogP contribution >= 0.6 is 0 Å². The van der Waals surface area contributed by atoms with Crippen molar-refractivity contribution in [2.24, 2.45) is 0 Å². The molecule has 4 aromatic rings. The maximum atomic E-state index is 13.5. The van der Waals surface area contributed by atoms with Crippen molar-refractivity contribution in [3.8, 4) is 0 Å². The van der Waals surface area contributed by atoms with E-state index in [1.54, 1.807) is 11.2 Å². The fraction of sp³-hybridized carbons (Fsp3) is 0.364. The number of carbonyl (C=O) groups is 1. The highest BCUT2D eigenvalue weighted by atomic mass is 16.4. The Labute approximate surface area is 173 Å². The van der Waals surface area contributed by atoms with Gasteiger partial charge >= 0.3 is 0 Å². The SMILES string of the molecule is Cc1cccn2nc(C3c4nc[nH]c4CCN3C(=O)c3cnc(C(C)(C)C)o3)cc12. The van der Waals surface area contributed by atoms with Crippen LogP contribution in [-0.2, 0) is 11.8 Å². The highest BCUT2D eigenvalue weighted by Crippen LogP contribution is 2.35. The number of fused-ring (bicyclic) bond motifs is 2. The van der Waals surface area contributed by atoms with E-state index in [1.165, 1.54) is 6.20 Å². The first kappa shape index (κ1) is 18.6. The van der Waals surface area contributed by atoms with Crippen molar-refractivity contribution in [1.29, 1.82) is 0 Å². The molecular formula is C22H24N6O2. The Morgan fingerprint density at radius 1 is 1.30 bits per heavy atom. The summed E-state index contributed by atoms with van der Waals surface area (Å²) in [6.45, 7) is 8.60. The Morgan fingerprint density at radius 3 is 2.87 bits per heavy atom. The normalized spacial score (nSPS) is 16.8. The number of amides is 1. The van der Waals surface area contributed by atoms with E-state index in [0.29, 0.717) is 18.9 Å². The second-order valence-corrected chi connectivity index (χ2v) is 8.79. The number of rotatable bonds is 2. The zero-order chi connectivity index (χ0) is 21.0. The molecule has 1 N–H and O–H groups in total. The number of H-pyrrole nitrogens is 1. The van der Waals surface area contributed by atoms with E-state index in [1.807, 2.05) is 56.6 Å². The smallest absolute Gasteiger partial charge is 0.292 e. The lowest BCUT2D eigenvalue weighted by Crippen LogP contribution is -2.40. The lowest BCUT2D eigenvalue weighted by atomic mass is 9.97. The molecule has 0 aliphatic carbocycles. The van der Waals surface area contributed by atoms with Gasteiger partial charge in [-0.2, -0.15) is 5.10 Å². The van der Waals surface area contributed by atoms with Gasteiger partial charge in [0.25, 0.3) is 5.91 Å². The third kappa shape index (κ3) is 2.91. The highest BCUT2D eigenvalue weighted by Gasteiger charge is 2.37. The monoisotopic (exact) mass is 404 g/mol. The van der Waals surface area contributed by atoms with E-state index >= 15 is 0 Å². The molecule has 30 heavy (non-hydrogen) atoms. The lowest BCUT2D eigenvalue weighted by molar-refractivity contribution is 0.0650. The van der Waals surface area contributed by atoms with Gasteiger partial charge in [-0.1, -0.05) is 26.8 Å². The predicted octanol–water partition coefficient (Wildman–Crippen LogP) is 3.44. The Morgan fingerprint density at radius 2 is 2.13 bits per heavy atom. The number of aromatic nitrogens is 5. The third-order valence-corrected chi connectivity index (χ3v) is 5.56. The van der Waals surface area contributed by atoms with Crippen molar-refractivity contribution in [3.05, 3.63) is 71.2 Å². The maximum Gasteiger partial charge on any atom is 0.292 e. The van der Waals surface area contributed by atoms with Crippen molar-refractivity contribution in [3.63, 3.8) is 0 Å². The largest absolute Gasteiger partial charge is 0.435 e. The van der Waals surface area contributed by atoms with Crippen LogP contribution < -0.4 is 0 Å². The average molecular weight is 404 g/mol. The van der Waals surface area contributed by atoms with Crippen LogP contribution in [0.25, 0.3) is 5.52 Å². The van der Waals surface area contributed by atoms with Crippen molar-refractivity contribution in [2.45, 2.75) is 45.6 Å². The van der Waals surface area contributed by atoms with Crippen LogP contribution in [-0.4, -0.2) is 41.9 Å². The van der Waals surface area contributed by atoms with Crippen LogP contribution in [0.4, 0.5) is 0 Å². The Hall–Kier alpha value is -3.42. The average Bonchev–Trinajstić information content (AvgIpc) is 3.44. The number of nitrogens with zero attached hydrogens (tertiary/aromatic N) is 5. The topological polar surface area (TPSA) is 92.3 Å². The van der Waals surface area contributed by atoms with E-state index in [-0.39, 0.29) is 17.1 Å². The molecule has 5 rings (SSSR count). The van der Waals surface area contributed by atoms with Gasteiger partial charge in [-0.3, -0.25) is 4.79 Å². The molecule has 1 atom stereocenters. The Bertz CT molecular complexity index is 1240. The highest BCUT2D eigenvalue weighted by molar-refractivity contribution is 5.92. The van der Waals surface area contributed by atoms with Crippen LogP contribution in [0.1, 0.15) is 65.9 Å². The molecule has 0 bridgehead atoms. The van der Waals surface area contributed by atoms with E-state index in [4.69, 9.17) is 9.52 Å². The van der Waals surface area contributed by atoms with Crippen LogP contribution in [0.15, 0.2) is 41.3 Å². The van der Waals surface area contributed by atoms with Crippen molar-refractivity contribution in [2.75, 3.05) is 6.54 Å². The number of nitrogens with one attached hydrogen (secondary N) is 1. The standard InChI is InChI=1S/C22H24N6O2/c1-13-6-5-8-28-16(13)10-15(26-28)19-18-14(24-12-25-18)7-9-27(19)20(29)17-11-23-21(30-17)22(2,3)4/h5-6,8,10-12,19H,7,9H2,1-4H3,(H,24,25). The van der Waals surface area contributed by atoms with E-state index in [9.17, 15) is 4.79 Å². The number of oxazole rings is 1. The molecule has 0 saturated heterocycles. The molecule has 0 fully saturated rings. The molecule has 1 aliphatic rings. The second-order valence-electron chi connectivity index (χ2n) is 8.79. The van der Waals surface area contributed by atoms with E-state index in [0.717, 1.165) is 28.2 Å². The molecule has 1 aliphatic heterocycles. The third-order valence-electron chi connectivity index (χ3n) is 5.56. The first-order valence-electron chi connectivity index (χ1n) is 10.1. The molecule has 154 valence electrons. The number of aryl methyl sites for hydroxylation is 1. The molecule has 8 heteroatoms. The van der Waals surface area contributed by atoms with Gasteiger partial charge in [-0.15, -0.1) is 0 Å². The summed E-state index contributed by atoms with van der Waals surface area (Å²) < 4.78 is 7.69. The van der Waals surface area contributed by atoms with Crippen LogP contribution in [0.2, 0.25) is 0 Å². The first-order chi connectivity index (χ1) is 14.3. The minimum absolute atomic E-state index is 0.203. The zero-order valence-electron chi connectivity index (χ0n) is 17.5. The molecule has 0 aromatic carbocycles. The zero-order valence-corrected chi connectivity index (χ0v) is 17.5. The fourth-order valence-corrected chi connectivity index (χ4v) is 3.97. The molecule has 5 heterocycles. The number of aromatic amines is 1. The van der Waals surface area contributed by atoms with Gasteiger partial charge in [0, 0.05) is 30.3 Å². The number of pyridine rings is 1. The Balaban J connectivity index is 1.59. The molecule has 1 unspecified atom stereocenters. The van der Waals surface area contributed by atoms with Crippen LogP contribution in [0, 0.1) is 6.92 Å². The van der Waals surface area contributed by atoms with Gasteiger partial charge in [0.15, 0.2) is 0 Å². The van der Waals surface area contributed by atoms with Crippen molar-refractivity contribution >= 4 is 11.4 Å². The summed E-state index contributed by atoms with van der Waals surface area (Å²) in [5.74, 6) is 0.581. The quantitative estimate of drug-likeness (QED) is 0.552. The molecule has 0 spiro atoms. The summed E-state index contributed by atoms with van der Waals surface area (Å²) in [5, 5.41) is 4.77. The van der Waals surface area contributed by atoms with Gasteiger partial charge in [-0.25, -0.2) is 14.5 Å². The van der Waals surface area contributed by atoms with E-state index < -0.39 is 6.04 Å².